The first kappa shape index (κ1) is 22.2. The molecule has 0 spiro atoms. The van der Waals surface area contributed by atoms with E-state index in [-0.39, 0.29) is 5.56 Å². The van der Waals surface area contributed by atoms with Gasteiger partial charge >= 0.3 is 0 Å². The van der Waals surface area contributed by atoms with Gasteiger partial charge in [-0.3, -0.25) is 14.9 Å². The molecule has 1 amide bonds. The van der Waals surface area contributed by atoms with Gasteiger partial charge in [0.15, 0.2) is 0 Å². The standard InChI is InChI=1S/C22H17FN4OS.C2H6/c1-24-22(28)21-17(23)6-4-7-20(21)29-15-9-10-16-18(26-27-19(16)13-15)11-8-14-5-2-3-12-25-14;1-2/h2-13H,1H3,(H,24,28)(H,26,27);1-2H3/b11-8+;. The number of H-pyrrole nitrogens is 1. The number of amides is 1. The van der Waals surface area contributed by atoms with Crippen molar-refractivity contribution in [1.82, 2.24) is 20.5 Å². The van der Waals surface area contributed by atoms with Gasteiger partial charge in [0, 0.05) is 28.4 Å². The van der Waals surface area contributed by atoms with Crippen LogP contribution in [0.3, 0.4) is 0 Å². The summed E-state index contributed by atoms with van der Waals surface area (Å²) in [4.78, 5) is 17.7. The van der Waals surface area contributed by atoms with E-state index in [0.29, 0.717) is 4.90 Å². The topological polar surface area (TPSA) is 70.7 Å². The van der Waals surface area contributed by atoms with E-state index in [9.17, 15) is 9.18 Å². The fourth-order valence-corrected chi connectivity index (χ4v) is 3.92. The minimum atomic E-state index is -0.543. The molecule has 0 radical (unpaired) electrons. The number of pyridine rings is 1. The normalized spacial score (nSPS) is 10.7. The fourth-order valence-electron chi connectivity index (χ4n) is 2.91. The SMILES string of the molecule is CC.CNC(=O)c1c(F)cccc1Sc1ccc2c(/C=C/c3ccccn3)n[nH]c2c1. The molecule has 0 saturated carbocycles. The Hall–Kier alpha value is -3.45. The number of halogens is 1. The molecular weight excluding hydrogens is 411 g/mol. The Labute approximate surface area is 184 Å². The summed E-state index contributed by atoms with van der Waals surface area (Å²) in [5.41, 5.74) is 2.56. The second-order valence-electron chi connectivity index (χ2n) is 6.20. The van der Waals surface area contributed by atoms with Gasteiger partial charge in [-0.05, 0) is 54.6 Å². The molecule has 7 heteroatoms. The maximum atomic E-state index is 14.2. The zero-order chi connectivity index (χ0) is 22.2. The highest BCUT2D eigenvalue weighted by Crippen LogP contribution is 2.33. The summed E-state index contributed by atoms with van der Waals surface area (Å²) in [6, 6.07) is 16.2. The number of rotatable bonds is 5. The predicted octanol–water partition coefficient (Wildman–Crippen LogP) is 5.80. The maximum Gasteiger partial charge on any atom is 0.255 e. The molecule has 4 aromatic rings. The van der Waals surface area contributed by atoms with Gasteiger partial charge in [0.25, 0.3) is 5.91 Å². The highest BCUT2D eigenvalue weighted by Gasteiger charge is 2.16. The van der Waals surface area contributed by atoms with E-state index >= 15 is 0 Å². The number of nitrogens with zero attached hydrogens (tertiary/aromatic N) is 2. The average molecular weight is 435 g/mol. The number of carbonyl (C=O) groups excluding carboxylic acids is 1. The summed E-state index contributed by atoms with van der Waals surface area (Å²) in [7, 11) is 1.49. The Morgan fingerprint density at radius 2 is 1.94 bits per heavy atom. The number of hydrogen-bond acceptors (Lipinski definition) is 4. The highest BCUT2D eigenvalue weighted by molar-refractivity contribution is 7.99. The van der Waals surface area contributed by atoms with Gasteiger partial charge in [0.1, 0.15) is 5.82 Å². The van der Waals surface area contributed by atoms with Crippen LogP contribution < -0.4 is 5.32 Å². The average Bonchev–Trinajstić information content (AvgIpc) is 3.21. The van der Waals surface area contributed by atoms with Crippen LogP contribution in [0.5, 0.6) is 0 Å². The molecule has 0 saturated heterocycles. The number of benzene rings is 2. The molecule has 2 aromatic heterocycles. The fraction of sp³-hybridized carbons (Fsp3) is 0.125. The van der Waals surface area contributed by atoms with Crippen molar-refractivity contribution in [2.45, 2.75) is 23.6 Å². The zero-order valence-electron chi connectivity index (χ0n) is 17.5. The molecular formula is C24H23FN4OS. The molecule has 2 N–H and O–H groups in total. The van der Waals surface area contributed by atoms with E-state index in [4.69, 9.17) is 0 Å². The second-order valence-corrected chi connectivity index (χ2v) is 7.31. The van der Waals surface area contributed by atoms with Crippen LogP contribution in [0.4, 0.5) is 4.39 Å². The van der Waals surface area contributed by atoms with E-state index in [1.807, 2.05) is 62.4 Å². The van der Waals surface area contributed by atoms with Gasteiger partial charge in [0.2, 0.25) is 0 Å². The Morgan fingerprint density at radius 3 is 2.68 bits per heavy atom. The number of aromatic amines is 1. The number of hydrogen-bond donors (Lipinski definition) is 2. The minimum Gasteiger partial charge on any atom is -0.355 e. The molecule has 0 aliphatic carbocycles. The Bertz CT molecular complexity index is 1200. The molecule has 158 valence electrons. The van der Waals surface area contributed by atoms with Crippen LogP contribution in [-0.2, 0) is 0 Å². The highest BCUT2D eigenvalue weighted by atomic mass is 32.2. The van der Waals surface area contributed by atoms with Gasteiger partial charge < -0.3 is 5.32 Å². The van der Waals surface area contributed by atoms with Crippen LogP contribution in [0.25, 0.3) is 23.1 Å². The number of nitrogens with one attached hydrogen (secondary N) is 2. The molecule has 0 aliphatic rings. The smallest absolute Gasteiger partial charge is 0.255 e. The summed E-state index contributed by atoms with van der Waals surface area (Å²) in [5.74, 6) is -0.992. The van der Waals surface area contributed by atoms with Gasteiger partial charge in [-0.1, -0.05) is 37.7 Å². The van der Waals surface area contributed by atoms with Crippen molar-refractivity contribution < 1.29 is 9.18 Å². The van der Waals surface area contributed by atoms with E-state index in [2.05, 4.69) is 20.5 Å². The van der Waals surface area contributed by atoms with Crippen LogP contribution in [0.1, 0.15) is 35.6 Å². The second kappa shape index (κ2) is 10.5. The van der Waals surface area contributed by atoms with Gasteiger partial charge in [0.05, 0.1) is 22.5 Å². The minimum absolute atomic E-state index is 0.0451. The van der Waals surface area contributed by atoms with Gasteiger partial charge in [-0.15, -0.1) is 0 Å². The van der Waals surface area contributed by atoms with Crippen molar-refractivity contribution in [1.29, 1.82) is 0 Å². The van der Waals surface area contributed by atoms with Crippen molar-refractivity contribution in [3.05, 3.63) is 83.6 Å². The third-order valence-corrected chi connectivity index (χ3v) is 5.37. The molecule has 0 atom stereocenters. The molecule has 0 unspecified atom stereocenters. The van der Waals surface area contributed by atoms with E-state index in [1.54, 1.807) is 18.3 Å². The van der Waals surface area contributed by atoms with Crippen molar-refractivity contribution in [2.75, 3.05) is 7.05 Å². The number of fused-ring (bicyclic) bond motifs is 1. The van der Waals surface area contributed by atoms with Crippen molar-refractivity contribution in [2.24, 2.45) is 0 Å². The Balaban J connectivity index is 0.00000132. The molecule has 0 fully saturated rings. The van der Waals surface area contributed by atoms with Crippen molar-refractivity contribution >= 4 is 40.7 Å². The lowest BCUT2D eigenvalue weighted by Gasteiger charge is -2.09. The first-order valence-electron chi connectivity index (χ1n) is 9.91. The van der Waals surface area contributed by atoms with Crippen molar-refractivity contribution in [3.63, 3.8) is 0 Å². The Kier molecular flexibility index (Phi) is 7.56. The lowest BCUT2D eigenvalue weighted by Crippen LogP contribution is -2.20. The lowest BCUT2D eigenvalue weighted by molar-refractivity contribution is 0.0956. The first-order chi connectivity index (χ1) is 15.2. The van der Waals surface area contributed by atoms with E-state index in [1.165, 1.54) is 24.9 Å². The summed E-state index contributed by atoms with van der Waals surface area (Å²) in [6.07, 6.45) is 5.55. The summed E-state index contributed by atoms with van der Waals surface area (Å²) >= 11 is 1.33. The molecule has 4 rings (SSSR count). The monoisotopic (exact) mass is 434 g/mol. The predicted molar refractivity (Wildman–Crippen MR) is 125 cm³/mol. The first-order valence-corrected chi connectivity index (χ1v) is 10.7. The van der Waals surface area contributed by atoms with Crippen LogP contribution in [-0.4, -0.2) is 28.1 Å². The Morgan fingerprint density at radius 1 is 1.10 bits per heavy atom. The van der Waals surface area contributed by atoms with Crippen LogP contribution >= 0.6 is 11.8 Å². The summed E-state index contributed by atoms with van der Waals surface area (Å²) in [5, 5.41) is 10.8. The van der Waals surface area contributed by atoms with Gasteiger partial charge in [-0.2, -0.15) is 5.10 Å². The third kappa shape index (κ3) is 5.19. The third-order valence-electron chi connectivity index (χ3n) is 4.32. The summed E-state index contributed by atoms with van der Waals surface area (Å²) < 4.78 is 14.2. The largest absolute Gasteiger partial charge is 0.355 e. The molecule has 2 heterocycles. The van der Waals surface area contributed by atoms with E-state index < -0.39 is 11.7 Å². The zero-order valence-corrected chi connectivity index (χ0v) is 18.3. The number of carbonyl (C=O) groups is 1. The molecule has 2 aromatic carbocycles. The molecule has 0 bridgehead atoms. The van der Waals surface area contributed by atoms with Gasteiger partial charge in [-0.25, -0.2) is 4.39 Å². The maximum absolute atomic E-state index is 14.2. The number of aromatic nitrogens is 3. The van der Waals surface area contributed by atoms with E-state index in [0.717, 1.165) is 27.2 Å². The van der Waals surface area contributed by atoms with Crippen LogP contribution in [0, 0.1) is 5.82 Å². The van der Waals surface area contributed by atoms with Crippen LogP contribution in [0.2, 0.25) is 0 Å². The lowest BCUT2D eigenvalue weighted by atomic mass is 10.2. The summed E-state index contributed by atoms with van der Waals surface area (Å²) in [6.45, 7) is 4.00. The van der Waals surface area contributed by atoms with Crippen LogP contribution in [0.15, 0.2) is 70.6 Å². The molecule has 0 aliphatic heterocycles. The molecule has 5 nitrogen and oxygen atoms in total. The molecule has 31 heavy (non-hydrogen) atoms. The quantitative estimate of drug-likeness (QED) is 0.416. The van der Waals surface area contributed by atoms with Crippen molar-refractivity contribution in [3.8, 4) is 0 Å².